The van der Waals surface area contributed by atoms with Crippen molar-refractivity contribution < 1.29 is 14.3 Å². The summed E-state index contributed by atoms with van der Waals surface area (Å²) < 4.78 is 11.1. The maximum Gasteiger partial charge on any atom is 0.313 e. The van der Waals surface area contributed by atoms with Crippen molar-refractivity contribution in [1.82, 2.24) is 4.98 Å². The van der Waals surface area contributed by atoms with Gasteiger partial charge in [0.15, 0.2) is 0 Å². The molecule has 1 atom stereocenters. The van der Waals surface area contributed by atoms with Gasteiger partial charge in [0.25, 0.3) is 0 Å². The van der Waals surface area contributed by atoms with Gasteiger partial charge in [-0.3, -0.25) is 4.79 Å². The number of rotatable bonds is 9. The maximum atomic E-state index is 12.5. The molecule has 3 rings (SSSR count). The summed E-state index contributed by atoms with van der Waals surface area (Å²) in [6, 6.07) is 18.1. The number of hydrogen-bond acceptors (Lipinski definition) is 3. The first-order chi connectivity index (χ1) is 12.8. The first-order valence-corrected chi connectivity index (χ1v) is 9.14. The Hall–Kier alpha value is -2.59. The van der Waals surface area contributed by atoms with Crippen LogP contribution in [-0.4, -0.2) is 24.2 Å². The summed E-state index contributed by atoms with van der Waals surface area (Å²) in [5.74, 6) is -0.438. The number of carbonyl (C=O) groups is 1. The SMILES string of the molecule is CCOC(=O)C(CCCOCc1ccccc1)c1c[nH]c2ccccc12. The van der Waals surface area contributed by atoms with Gasteiger partial charge in [-0.05, 0) is 37.0 Å². The molecule has 2 aromatic carbocycles. The molecule has 1 unspecified atom stereocenters. The molecule has 4 heteroatoms. The van der Waals surface area contributed by atoms with E-state index in [1.807, 2.05) is 67.7 Å². The molecule has 0 aliphatic heterocycles. The van der Waals surface area contributed by atoms with Crippen LogP contribution in [0.25, 0.3) is 10.9 Å². The third kappa shape index (κ3) is 4.52. The molecule has 0 radical (unpaired) electrons. The largest absolute Gasteiger partial charge is 0.466 e. The Kier molecular flexibility index (Phi) is 6.45. The number of nitrogens with one attached hydrogen (secondary N) is 1. The number of aromatic nitrogens is 1. The van der Waals surface area contributed by atoms with E-state index in [2.05, 4.69) is 4.98 Å². The summed E-state index contributed by atoms with van der Waals surface area (Å²) in [6.45, 7) is 3.44. The van der Waals surface area contributed by atoms with Gasteiger partial charge < -0.3 is 14.5 Å². The van der Waals surface area contributed by atoms with Gasteiger partial charge in [-0.2, -0.15) is 0 Å². The summed E-state index contributed by atoms with van der Waals surface area (Å²) in [4.78, 5) is 15.7. The lowest BCUT2D eigenvalue weighted by atomic mass is 9.94. The van der Waals surface area contributed by atoms with Crippen LogP contribution >= 0.6 is 0 Å². The Labute approximate surface area is 154 Å². The first-order valence-electron chi connectivity index (χ1n) is 9.14. The molecule has 3 aromatic rings. The summed E-state index contributed by atoms with van der Waals surface area (Å²) in [5, 5.41) is 1.08. The molecule has 136 valence electrons. The van der Waals surface area contributed by atoms with Crippen LogP contribution in [0.15, 0.2) is 60.8 Å². The Morgan fingerprint density at radius 2 is 1.85 bits per heavy atom. The second kappa shape index (κ2) is 9.20. The van der Waals surface area contributed by atoms with Crippen LogP contribution in [-0.2, 0) is 20.9 Å². The molecule has 0 bridgehead atoms. The van der Waals surface area contributed by atoms with E-state index in [1.54, 1.807) is 0 Å². The van der Waals surface area contributed by atoms with Crippen LogP contribution < -0.4 is 0 Å². The molecule has 0 saturated carbocycles. The van der Waals surface area contributed by atoms with Gasteiger partial charge in [0.1, 0.15) is 0 Å². The second-order valence-corrected chi connectivity index (χ2v) is 6.27. The number of hydrogen-bond donors (Lipinski definition) is 1. The van der Waals surface area contributed by atoms with Gasteiger partial charge in [-0.15, -0.1) is 0 Å². The Balaban J connectivity index is 1.61. The standard InChI is InChI=1S/C22H25NO3/c1-2-26-22(24)19(20-15-23-21-13-7-6-11-18(20)21)12-8-14-25-16-17-9-4-3-5-10-17/h3-7,9-11,13,15,19,23H,2,8,12,14,16H2,1H3. The molecular weight excluding hydrogens is 326 g/mol. The monoisotopic (exact) mass is 351 g/mol. The molecule has 0 aliphatic carbocycles. The minimum atomic E-state index is -0.272. The molecule has 0 saturated heterocycles. The molecule has 26 heavy (non-hydrogen) atoms. The highest BCUT2D eigenvalue weighted by Gasteiger charge is 2.24. The van der Waals surface area contributed by atoms with E-state index in [4.69, 9.17) is 9.47 Å². The van der Waals surface area contributed by atoms with E-state index >= 15 is 0 Å². The Morgan fingerprint density at radius 1 is 1.08 bits per heavy atom. The van der Waals surface area contributed by atoms with E-state index in [-0.39, 0.29) is 11.9 Å². The van der Waals surface area contributed by atoms with Gasteiger partial charge in [-0.1, -0.05) is 48.5 Å². The van der Waals surface area contributed by atoms with Crippen molar-refractivity contribution in [2.24, 2.45) is 0 Å². The quantitative estimate of drug-likeness (QED) is 0.444. The lowest BCUT2D eigenvalue weighted by molar-refractivity contribution is -0.145. The van der Waals surface area contributed by atoms with Crippen LogP contribution in [0.4, 0.5) is 0 Å². The van der Waals surface area contributed by atoms with Crippen LogP contribution in [0, 0.1) is 0 Å². The number of fused-ring (bicyclic) bond motifs is 1. The van der Waals surface area contributed by atoms with Crippen molar-refractivity contribution in [3.8, 4) is 0 Å². The smallest absolute Gasteiger partial charge is 0.313 e. The van der Waals surface area contributed by atoms with Crippen molar-refractivity contribution in [3.05, 3.63) is 71.9 Å². The van der Waals surface area contributed by atoms with Crippen molar-refractivity contribution in [2.45, 2.75) is 32.3 Å². The van der Waals surface area contributed by atoms with Crippen molar-refractivity contribution in [1.29, 1.82) is 0 Å². The average molecular weight is 351 g/mol. The number of H-pyrrole nitrogens is 1. The molecule has 0 spiro atoms. The zero-order valence-electron chi connectivity index (χ0n) is 15.1. The molecule has 4 nitrogen and oxygen atoms in total. The van der Waals surface area contributed by atoms with Crippen LogP contribution in [0.1, 0.15) is 36.8 Å². The number of para-hydroxylation sites is 1. The summed E-state index contributed by atoms with van der Waals surface area (Å²) >= 11 is 0. The van der Waals surface area contributed by atoms with Crippen molar-refractivity contribution in [3.63, 3.8) is 0 Å². The second-order valence-electron chi connectivity index (χ2n) is 6.27. The summed E-state index contributed by atoms with van der Waals surface area (Å²) in [7, 11) is 0. The van der Waals surface area contributed by atoms with Crippen molar-refractivity contribution >= 4 is 16.9 Å². The molecule has 0 amide bonds. The van der Waals surface area contributed by atoms with Gasteiger partial charge in [0, 0.05) is 23.7 Å². The highest BCUT2D eigenvalue weighted by molar-refractivity contribution is 5.89. The molecule has 1 N–H and O–H groups in total. The lowest BCUT2D eigenvalue weighted by Crippen LogP contribution is -2.16. The number of ether oxygens (including phenoxy) is 2. The van der Waals surface area contributed by atoms with Gasteiger partial charge in [0.2, 0.25) is 0 Å². The number of aromatic amines is 1. The third-order valence-corrected chi connectivity index (χ3v) is 4.46. The molecule has 0 aliphatic rings. The Morgan fingerprint density at radius 3 is 2.65 bits per heavy atom. The number of benzene rings is 2. The number of esters is 1. The average Bonchev–Trinajstić information content (AvgIpc) is 3.09. The minimum absolute atomic E-state index is 0.166. The fourth-order valence-electron chi connectivity index (χ4n) is 3.18. The maximum absolute atomic E-state index is 12.5. The van der Waals surface area contributed by atoms with E-state index in [0.29, 0.717) is 26.2 Å². The van der Waals surface area contributed by atoms with Gasteiger partial charge in [-0.25, -0.2) is 0 Å². The first kappa shape index (κ1) is 18.2. The van der Waals surface area contributed by atoms with E-state index in [0.717, 1.165) is 28.5 Å². The summed E-state index contributed by atoms with van der Waals surface area (Å²) in [5.41, 5.74) is 3.20. The van der Waals surface area contributed by atoms with Gasteiger partial charge in [0.05, 0.1) is 19.1 Å². The highest BCUT2D eigenvalue weighted by Crippen LogP contribution is 2.30. The zero-order valence-corrected chi connectivity index (χ0v) is 15.1. The minimum Gasteiger partial charge on any atom is -0.466 e. The van der Waals surface area contributed by atoms with Crippen LogP contribution in [0.2, 0.25) is 0 Å². The molecular formula is C22H25NO3. The molecule has 1 aromatic heterocycles. The molecule has 0 fully saturated rings. The van der Waals surface area contributed by atoms with Gasteiger partial charge >= 0.3 is 5.97 Å². The zero-order chi connectivity index (χ0) is 18.2. The topological polar surface area (TPSA) is 51.3 Å². The predicted octanol–water partition coefficient (Wildman–Crippen LogP) is 4.81. The fraction of sp³-hybridized carbons (Fsp3) is 0.318. The number of carbonyl (C=O) groups excluding carboxylic acids is 1. The van der Waals surface area contributed by atoms with Crippen molar-refractivity contribution in [2.75, 3.05) is 13.2 Å². The van der Waals surface area contributed by atoms with E-state index < -0.39 is 0 Å². The van der Waals surface area contributed by atoms with Crippen LogP contribution in [0.5, 0.6) is 0 Å². The van der Waals surface area contributed by atoms with E-state index in [1.165, 1.54) is 0 Å². The highest BCUT2D eigenvalue weighted by atomic mass is 16.5. The molecule has 1 heterocycles. The van der Waals surface area contributed by atoms with E-state index in [9.17, 15) is 4.79 Å². The lowest BCUT2D eigenvalue weighted by Gasteiger charge is -2.15. The van der Waals surface area contributed by atoms with Crippen LogP contribution in [0.3, 0.4) is 0 Å². The predicted molar refractivity (Wildman–Crippen MR) is 103 cm³/mol. The third-order valence-electron chi connectivity index (χ3n) is 4.46. The summed E-state index contributed by atoms with van der Waals surface area (Å²) in [6.07, 6.45) is 3.43. The Bertz CT molecular complexity index is 826. The normalized spacial score (nSPS) is 12.2. The fourth-order valence-corrected chi connectivity index (χ4v) is 3.18.